The quantitative estimate of drug-likeness (QED) is 0.666. The third-order valence-corrected chi connectivity index (χ3v) is 2.80. The molecule has 4 nitrogen and oxygen atoms in total. The minimum Gasteiger partial charge on any atom is -0.394 e. The number of aliphatic hydroxyl groups excluding tert-OH is 2. The monoisotopic (exact) mass is 202 g/mol. The molecule has 0 bridgehead atoms. The van der Waals surface area contributed by atoms with Gasteiger partial charge in [-0.05, 0) is 13.8 Å². The van der Waals surface area contributed by atoms with Gasteiger partial charge in [-0.15, -0.1) is 11.3 Å². The fourth-order valence-electron chi connectivity index (χ4n) is 0.858. The van der Waals surface area contributed by atoms with Crippen molar-refractivity contribution in [3.8, 4) is 0 Å². The van der Waals surface area contributed by atoms with Gasteiger partial charge in [-0.25, -0.2) is 4.98 Å². The first-order valence-corrected chi connectivity index (χ1v) is 4.91. The van der Waals surface area contributed by atoms with Crippen molar-refractivity contribution in [1.29, 1.82) is 0 Å². The molecular formula is C8H14N2O2S. The summed E-state index contributed by atoms with van der Waals surface area (Å²) in [5.41, 5.74) is 0.988. The van der Waals surface area contributed by atoms with E-state index in [9.17, 15) is 0 Å². The number of aromatic nitrogens is 1. The zero-order valence-corrected chi connectivity index (χ0v) is 8.56. The van der Waals surface area contributed by atoms with Crippen LogP contribution in [0, 0.1) is 13.8 Å². The van der Waals surface area contributed by atoms with Crippen LogP contribution in [0.4, 0.5) is 5.13 Å². The number of aryl methyl sites for hydroxylation is 2. The summed E-state index contributed by atoms with van der Waals surface area (Å²) in [6, 6.07) is -0.315. The van der Waals surface area contributed by atoms with Crippen LogP contribution < -0.4 is 5.32 Å². The minimum absolute atomic E-state index is 0.0891. The Labute approximate surface area is 81.3 Å². The van der Waals surface area contributed by atoms with Crippen LogP contribution in [0.3, 0.4) is 0 Å². The number of anilines is 1. The van der Waals surface area contributed by atoms with Gasteiger partial charge >= 0.3 is 0 Å². The fourth-order valence-corrected chi connectivity index (χ4v) is 1.75. The van der Waals surface area contributed by atoms with Crippen LogP contribution in [-0.4, -0.2) is 34.5 Å². The lowest BCUT2D eigenvalue weighted by Gasteiger charge is -2.11. The average molecular weight is 202 g/mol. The van der Waals surface area contributed by atoms with Crippen molar-refractivity contribution in [1.82, 2.24) is 4.98 Å². The molecule has 0 saturated heterocycles. The van der Waals surface area contributed by atoms with E-state index < -0.39 is 0 Å². The molecule has 74 valence electrons. The normalized spacial score (nSPS) is 10.8. The highest BCUT2D eigenvalue weighted by atomic mass is 32.1. The minimum atomic E-state index is -0.315. The van der Waals surface area contributed by atoms with Crippen molar-refractivity contribution in [2.45, 2.75) is 19.9 Å². The van der Waals surface area contributed by atoms with Crippen molar-refractivity contribution < 1.29 is 10.2 Å². The Balaban J connectivity index is 2.62. The highest BCUT2D eigenvalue weighted by Gasteiger charge is 2.08. The predicted octanol–water partition coefficient (Wildman–Crippen LogP) is 0.525. The van der Waals surface area contributed by atoms with Gasteiger partial charge in [0.2, 0.25) is 0 Å². The van der Waals surface area contributed by atoms with E-state index in [1.807, 2.05) is 13.8 Å². The summed E-state index contributed by atoms with van der Waals surface area (Å²) in [6.45, 7) is 3.75. The molecule has 1 heterocycles. The summed E-state index contributed by atoms with van der Waals surface area (Å²) in [7, 11) is 0. The van der Waals surface area contributed by atoms with E-state index in [2.05, 4.69) is 10.3 Å². The van der Waals surface area contributed by atoms with Crippen LogP contribution in [0.1, 0.15) is 10.6 Å². The molecule has 0 aliphatic carbocycles. The van der Waals surface area contributed by atoms with Crippen molar-refractivity contribution in [3.63, 3.8) is 0 Å². The Hall–Kier alpha value is -0.650. The molecule has 0 aliphatic heterocycles. The molecule has 1 rings (SSSR count). The highest BCUT2D eigenvalue weighted by molar-refractivity contribution is 7.15. The molecule has 1 aromatic rings. The molecule has 5 heteroatoms. The molecule has 0 fully saturated rings. The maximum Gasteiger partial charge on any atom is 0.183 e. The maximum absolute atomic E-state index is 8.82. The molecule has 3 N–H and O–H groups in total. The third-order valence-electron chi connectivity index (χ3n) is 1.80. The van der Waals surface area contributed by atoms with Gasteiger partial charge in [0.25, 0.3) is 0 Å². The maximum atomic E-state index is 8.82. The summed E-state index contributed by atoms with van der Waals surface area (Å²) >= 11 is 1.53. The lowest BCUT2D eigenvalue weighted by Crippen LogP contribution is -2.27. The largest absolute Gasteiger partial charge is 0.394 e. The van der Waals surface area contributed by atoms with Crippen molar-refractivity contribution in [2.75, 3.05) is 18.5 Å². The molecule has 0 aromatic carbocycles. The lowest BCUT2D eigenvalue weighted by molar-refractivity contribution is 0.204. The Bertz CT molecular complexity index is 252. The van der Waals surface area contributed by atoms with Crippen molar-refractivity contribution in [3.05, 3.63) is 10.6 Å². The number of nitrogens with one attached hydrogen (secondary N) is 1. The van der Waals surface area contributed by atoms with E-state index in [0.717, 1.165) is 15.7 Å². The molecule has 0 radical (unpaired) electrons. The van der Waals surface area contributed by atoms with E-state index in [-0.39, 0.29) is 19.3 Å². The first-order valence-electron chi connectivity index (χ1n) is 4.09. The first kappa shape index (κ1) is 10.4. The van der Waals surface area contributed by atoms with Gasteiger partial charge in [-0.2, -0.15) is 0 Å². The van der Waals surface area contributed by atoms with Gasteiger partial charge in [0, 0.05) is 4.88 Å². The number of rotatable bonds is 4. The second kappa shape index (κ2) is 4.55. The molecule has 0 spiro atoms. The molecule has 13 heavy (non-hydrogen) atoms. The van der Waals surface area contributed by atoms with Gasteiger partial charge < -0.3 is 15.5 Å². The standard InChI is InChI=1S/C8H14N2O2S/c1-5-6(2)13-8(9-5)10-7(3-11)4-12/h7,11-12H,3-4H2,1-2H3,(H,9,10). The second-order valence-corrected chi connectivity index (χ2v) is 4.07. The lowest BCUT2D eigenvalue weighted by atomic mass is 10.3. The van der Waals surface area contributed by atoms with E-state index in [0.29, 0.717) is 0 Å². The predicted molar refractivity (Wildman–Crippen MR) is 53.2 cm³/mol. The fraction of sp³-hybridized carbons (Fsp3) is 0.625. The molecule has 0 unspecified atom stereocenters. The molecule has 1 aromatic heterocycles. The Kier molecular flexibility index (Phi) is 3.65. The molecule has 0 saturated carbocycles. The summed E-state index contributed by atoms with van der Waals surface area (Å²) < 4.78 is 0. The summed E-state index contributed by atoms with van der Waals surface area (Å²) in [5.74, 6) is 0. The topological polar surface area (TPSA) is 65.4 Å². The summed E-state index contributed by atoms with van der Waals surface area (Å²) in [4.78, 5) is 5.38. The van der Waals surface area contributed by atoms with Crippen molar-refractivity contribution >= 4 is 16.5 Å². The Morgan fingerprint density at radius 1 is 1.38 bits per heavy atom. The van der Waals surface area contributed by atoms with E-state index in [1.165, 1.54) is 11.3 Å². The van der Waals surface area contributed by atoms with E-state index in [4.69, 9.17) is 10.2 Å². The van der Waals surface area contributed by atoms with Crippen molar-refractivity contribution in [2.24, 2.45) is 0 Å². The Morgan fingerprint density at radius 2 is 2.00 bits per heavy atom. The zero-order valence-electron chi connectivity index (χ0n) is 7.74. The highest BCUT2D eigenvalue weighted by Crippen LogP contribution is 2.21. The number of nitrogens with zero attached hydrogens (tertiary/aromatic N) is 1. The number of aliphatic hydroxyl groups is 2. The number of hydrogen-bond donors (Lipinski definition) is 3. The molecule has 0 amide bonds. The van der Waals surface area contributed by atoms with Crippen LogP contribution in [0.25, 0.3) is 0 Å². The average Bonchev–Trinajstić information content (AvgIpc) is 2.42. The summed E-state index contributed by atoms with van der Waals surface area (Å²) in [5, 5.41) is 21.3. The number of thiazole rings is 1. The van der Waals surface area contributed by atoms with Crippen LogP contribution >= 0.6 is 11.3 Å². The van der Waals surface area contributed by atoms with Gasteiger partial charge in [0.15, 0.2) is 5.13 Å². The van der Waals surface area contributed by atoms with Crippen LogP contribution in [0.5, 0.6) is 0 Å². The molecule has 0 aliphatic rings. The smallest absolute Gasteiger partial charge is 0.183 e. The summed E-state index contributed by atoms with van der Waals surface area (Å²) in [6.07, 6.45) is 0. The van der Waals surface area contributed by atoms with E-state index >= 15 is 0 Å². The Morgan fingerprint density at radius 3 is 2.38 bits per heavy atom. The van der Waals surface area contributed by atoms with Gasteiger partial charge in [0.05, 0.1) is 24.9 Å². The first-order chi connectivity index (χ1) is 6.17. The van der Waals surface area contributed by atoms with Crippen LogP contribution in [0.15, 0.2) is 0 Å². The SMILES string of the molecule is Cc1nc(NC(CO)CO)sc1C. The van der Waals surface area contributed by atoms with Gasteiger partial charge in [-0.3, -0.25) is 0 Å². The van der Waals surface area contributed by atoms with Crippen LogP contribution in [-0.2, 0) is 0 Å². The van der Waals surface area contributed by atoms with Gasteiger partial charge in [-0.1, -0.05) is 0 Å². The van der Waals surface area contributed by atoms with Crippen LogP contribution in [0.2, 0.25) is 0 Å². The van der Waals surface area contributed by atoms with Gasteiger partial charge in [0.1, 0.15) is 0 Å². The molecule has 0 atom stereocenters. The number of hydrogen-bond acceptors (Lipinski definition) is 5. The third kappa shape index (κ3) is 2.65. The second-order valence-electron chi connectivity index (χ2n) is 2.87. The molecular weight excluding hydrogens is 188 g/mol. The van der Waals surface area contributed by atoms with E-state index in [1.54, 1.807) is 0 Å². The zero-order chi connectivity index (χ0) is 9.84.